The molecule has 0 unspecified atom stereocenters. The number of benzene rings is 1. The number of rotatable bonds is 4. The predicted octanol–water partition coefficient (Wildman–Crippen LogP) is 1.16. The topological polar surface area (TPSA) is 95.9 Å². The number of aromatic nitrogens is 3. The molecule has 0 aliphatic rings. The average molecular weight is 263 g/mol. The number of carbonyl (C=O) groups is 1. The first-order chi connectivity index (χ1) is 8.65. The van der Waals surface area contributed by atoms with E-state index in [1.807, 2.05) is 0 Å². The van der Waals surface area contributed by atoms with Gasteiger partial charge in [0, 0.05) is 5.75 Å². The molecule has 2 aromatic rings. The van der Waals surface area contributed by atoms with Gasteiger partial charge in [-0.1, -0.05) is 23.9 Å². The van der Waals surface area contributed by atoms with Crippen molar-refractivity contribution >= 4 is 17.7 Å². The molecule has 2 rings (SSSR count). The minimum Gasteiger partial charge on any atom is -0.478 e. The van der Waals surface area contributed by atoms with Crippen LogP contribution in [0.15, 0.2) is 40.4 Å². The fourth-order valence-corrected chi connectivity index (χ4v) is 2.03. The van der Waals surface area contributed by atoms with Gasteiger partial charge in [0.1, 0.15) is 6.20 Å². The van der Waals surface area contributed by atoms with Crippen molar-refractivity contribution in [2.75, 3.05) is 0 Å². The van der Waals surface area contributed by atoms with Gasteiger partial charge in [-0.2, -0.15) is 5.10 Å². The van der Waals surface area contributed by atoms with E-state index in [2.05, 4.69) is 15.2 Å². The molecule has 0 spiro atoms. The van der Waals surface area contributed by atoms with Crippen LogP contribution in [0.3, 0.4) is 0 Å². The summed E-state index contributed by atoms with van der Waals surface area (Å²) in [5.41, 5.74) is 0.891. The quantitative estimate of drug-likeness (QED) is 0.803. The molecule has 6 nitrogen and oxygen atoms in total. The Labute approximate surface area is 106 Å². The summed E-state index contributed by atoms with van der Waals surface area (Å²) in [5.74, 6) is -0.374. The lowest BCUT2D eigenvalue weighted by Crippen LogP contribution is -2.08. The van der Waals surface area contributed by atoms with Crippen LogP contribution in [-0.4, -0.2) is 26.3 Å². The van der Waals surface area contributed by atoms with Gasteiger partial charge >= 0.3 is 5.97 Å². The summed E-state index contributed by atoms with van der Waals surface area (Å²) < 4.78 is 0. The minimum atomic E-state index is -0.951. The highest BCUT2D eigenvalue weighted by Gasteiger charge is 2.03. The third-order valence-corrected chi connectivity index (χ3v) is 3.06. The van der Waals surface area contributed by atoms with E-state index in [9.17, 15) is 9.59 Å². The van der Waals surface area contributed by atoms with Crippen LogP contribution in [-0.2, 0) is 5.75 Å². The van der Waals surface area contributed by atoms with Crippen molar-refractivity contribution in [1.82, 2.24) is 15.2 Å². The molecule has 0 saturated carbocycles. The summed E-state index contributed by atoms with van der Waals surface area (Å²) in [6, 6.07) is 6.53. The first kappa shape index (κ1) is 12.3. The van der Waals surface area contributed by atoms with E-state index in [1.54, 1.807) is 12.1 Å². The number of nitrogens with zero attached hydrogens (tertiary/aromatic N) is 2. The third-order valence-electron chi connectivity index (χ3n) is 2.13. The Hall–Kier alpha value is -2.15. The number of carboxylic acid groups (broad SMARTS) is 1. The number of carboxylic acids is 1. The molecule has 1 aromatic heterocycles. The fourth-order valence-electron chi connectivity index (χ4n) is 1.26. The maximum atomic E-state index is 11.0. The zero-order chi connectivity index (χ0) is 13.0. The highest BCUT2D eigenvalue weighted by atomic mass is 32.2. The van der Waals surface area contributed by atoms with Gasteiger partial charge < -0.3 is 5.11 Å². The lowest BCUT2D eigenvalue weighted by molar-refractivity contribution is 0.0697. The lowest BCUT2D eigenvalue weighted by Gasteiger charge is -2.01. The van der Waals surface area contributed by atoms with E-state index in [4.69, 9.17) is 5.11 Å². The van der Waals surface area contributed by atoms with Crippen LogP contribution >= 0.6 is 11.8 Å². The van der Waals surface area contributed by atoms with Gasteiger partial charge in [0.05, 0.1) is 5.56 Å². The molecule has 0 radical (unpaired) electrons. The number of H-pyrrole nitrogens is 1. The van der Waals surface area contributed by atoms with Gasteiger partial charge in [0.15, 0.2) is 5.16 Å². The molecule has 0 atom stereocenters. The Balaban J connectivity index is 2.02. The van der Waals surface area contributed by atoms with Crippen LogP contribution in [0.5, 0.6) is 0 Å². The highest BCUT2D eigenvalue weighted by molar-refractivity contribution is 7.98. The van der Waals surface area contributed by atoms with Crippen molar-refractivity contribution in [1.29, 1.82) is 0 Å². The molecule has 0 amide bonds. The van der Waals surface area contributed by atoms with E-state index in [-0.39, 0.29) is 11.1 Å². The number of hydrogen-bond acceptors (Lipinski definition) is 5. The Morgan fingerprint density at radius 1 is 1.33 bits per heavy atom. The van der Waals surface area contributed by atoms with E-state index in [0.717, 1.165) is 11.8 Å². The molecule has 7 heteroatoms. The predicted molar refractivity (Wildman–Crippen MR) is 65.6 cm³/mol. The number of nitrogens with one attached hydrogen (secondary N) is 1. The third kappa shape index (κ3) is 3.17. The van der Waals surface area contributed by atoms with Crippen molar-refractivity contribution in [2.45, 2.75) is 10.9 Å². The second kappa shape index (κ2) is 5.46. The smallest absolute Gasteiger partial charge is 0.335 e. The monoisotopic (exact) mass is 263 g/mol. The summed E-state index contributed by atoms with van der Waals surface area (Å²) in [5, 5.41) is 16.5. The number of hydrogen-bond donors (Lipinski definition) is 2. The summed E-state index contributed by atoms with van der Waals surface area (Å²) in [6.45, 7) is 0. The van der Waals surface area contributed by atoms with Gasteiger partial charge in [0.25, 0.3) is 5.56 Å². The first-order valence-electron chi connectivity index (χ1n) is 5.02. The molecular formula is C11H9N3O3S. The molecule has 92 valence electrons. The van der Waals surface area contributed by atoms with Gasteiger partial charge in [-0.25, -0.2) is 4.79 Å². The molecule has 0 fully saturated rings. The number of aromatic amines is 1. The fraction of sp³-hybridized carbons (Fsp3) is 0.0909. The molecule has 0 saturated heterocycles. The summed E-state index contributed by atoms with van der Waals surface area (Å²) >= 11 is 1.33. The summed E-state index contributed by atoms with van der Waals surface area (Å²) in [6.07, 6.45) is 1.10. The molecule has 1 aromatic carbocycles. The van der Waals surface area contributed by atoms with Crippen LogP contribution in [0.2, 0.25) is 0 Å². The van der Waals surface area contributed by atoms with E-state index in [0.29, 0.717) is 10.9 Å². The van der Waals surface area contributed by atoms with Crippen molar-refractivity contribution in [3.63, 3.8) is 0 Å². The van der Waals surface area contributed by atoms with E-state index < -0.39 is 5.97 Å². The molecular weight excluding hydrogens is 254 g/mol. The van der Waals surface area contributed by atoms with Crippen LogP contribution in [0.25, 0.3) is 0 Å². The largest absolute Gasteiger partial charge is 0.478 e. The average Bonchev–Trinajstić information content (AvgIpc) is 2.37. The van der Waals surface area contributed by atoms with Crippen molar-refractivity contribution in [2.24, 2.45) is 0 Å². The van der Waals surface area contributed by atoms with Crippen molar-refractivity contribution < 1.29 is 9.90 Å². The van der Waals surface area contributed by atoms with Gasteiger partial charge in [-0.3, -0.25) is 9.78 Å². The van der Waals surface area contributed by atoms with E-state index in [1.165, 1.54) is 23.9 Å². The van der Waals surface area contributed by atoms with Crippen LogP contribution in [0.1, 0.15) is 15.9 Å². The van der Waals surface area contributed by atoms with Gasteiger partial charge in [-0.05, 0) is 17.7 Å². The van der Waals surface area contributed by atoms with Gasteiger partial charge in [-0.15, -0.1) is 5.10 Å². The SMILES string of the molecule is O=C(O)c1ccc(CSc2nncc(=O)[nH]2)cc1. The standard InChI is InChI=1S/C11H9N3O3S/c15-9-5-12-14-11(13-9)18-6-7-1-3-8(4-2-7)10(16)17/h1-5H,6H2,(H,16,17)(H,13,14,15). The van der Waals surface area contributed by atoms with Crippen molar-refractivity contribution in [3.8, 4) is 0 Å². The van der Waals surface area contributed by atoms with Gasteiger partial charge in [0.2, 0.25) is 0 Å². The van der Waals surface area contributed by atoms with Crippen LogP contribution in [0, 0.1) is 0 Å². The molecule has 18 heavy (non-hydrogen) atoms. The molecule has 2 N–H and O–H groups in total. The molecule has 0 aliphatic carbocycles. The zero-order valence-electron chi connectivity index (χ0n) is 9.16. The Morgan fingerprint density at radius 3 is 2.67 bits per heavy atom. The maximum absolute atomic E-state index is 11.0. The Bertz CT molecular complexity index is 609. The molecule has 0 bridgehead atoms. The second-order valence-corrected chi connectivity index (χ2v) is 4.39. The normalized spacial score (nSPS) is 10.2. The number of thioether (sulfide) groups is 1. The molecule has 0 aliphatic heterocycles. The van der Waals surface area contributed by atoms with Crippen LogP contribution in [0.4, 0.5) is 0 Å². The minimum absolute atomic E-state index is 0.247. The van der Waals surface area contributed by atoms with Crippen LogP contribution < -0.4 is 5.56 Å². The summed E-state index contributed by atoms with van der Waals surface area (Å²) in [7, 11) is 0. The Kier molecular flexibility index (Phi) is 3.73. The highest BCUT2D eigenvalue weighted by Crippen LogP contribution is 2.17. The van der Waals surface area contributed by atoms with Crippen molar-refractivity contribution in [3.05, 3.63) is 51.9 Å². The summed E-state index contributed by atoms with van der Waals surface area (Å²) in [4.78, 5) is 24.2. The van der Waals surface area contributed by atoms with E-state index >= 15 is 0 Å². The second-order valence-electron chi connectivity index (χ2n) is 3.43. The first-order valence-corrected chi connectivity index (χ1v) is 6.01. The molecule has 1 heterocycles. The Morgan fingerprint density at radius 2 is 2.06 bits per heavy atom. The lowest BCUT2D eigenvalue weighted by atomic mass is 10.1. The maximum Gasteiger partial charge on any atom is 0.335 e. The number of aromatic carboxylic acids is 1. The zero-order valence-corrected chi connectivity index (χ0v) is 9.98.